The Bertz CT molecular complexity index is 424. The van der Waals surface area contributed by atoms with Gasteiger partial charge in [-0.25, -0.2) is 0 Å². The second kappa shape index (κ2) is 8.62. The third-order valence-corrected chi connectivity index (χ3v) is 3.99. The zero-order valence-corrected chi connectivity index (χ0v) is 13.0. The van der Waals surface area contributed by atoms with Gasteiger partial charge < -0.3 is 16.0 Å². The zero-order chi connectivity index (χ0) is 14.9. The minimum Gasteiger partial charge on any atom is -0.370 e. The van der Waals surface area contributed by atoms with E-state index < -0.39 is 0 Å². The van der Waals surface area contributed by atoms with Crippen LogP contribution in [0.1, 0.15) is 25.5 Å². The molecule has 1 aromatic heterocycles. The van der Waals surface area contributed by atoms with Crippen molar-refractivity contribution in [3.63, 3.8) is 0 Å². The van der Waals surface area contributed by atoms with E-state index in [9.17, 15) is 0 Å². The van der Waals surface area contributed by atoms with Crippen LogP contribution in [0.5, 0.6) is 0 Å². The van der Waals surface area contributed by atoms with E-state index in [1.165, 1.54) is 25.9 Å². The Morgan fingerprint density at radius 1 is 1.43 bits per heavy atom. The highest BCUT2D eigenvalue weighted by molar-refractivity contribution is 5.77. The third-order valence-electron chi connectivity index (χ3n) is 3.99. The lowest BCUT2D eigenvalue weighted by atomic mass is 9.99. The molecule has 1 aromatic rings. The predicted octanol–water partition coefficient (Wildman–Crippen LogP) is 1.26. The predicted molar refractivity (Wildman–Crippen MR) is 87.3 cm³/mol. The van der Waals surface area contributed by atoms with Crippen LogP contribution in [0.15, 0.2) is 29.4 Å². The highest BCUT2D eigenvalue weighted by Gasteiger charge is 2.14. The van der Waals surface area contributed by atoms with E-state index in [0.717, 1.165) is 37.7 Å². The normalized spacial score (nSPS) is 17.9. The molecule has 0 radical (unpaired) electrons. The van der Waals surface area contributed by atoms with Crippen LogP contribution in [0, 0.1) is 5.92 Å². The molecule has 2 rings (SSSR count). The van der Waals surface area contributed by atoms with Crippen molar-refractivity contribution in [1.29, 1.82) is 0 Å². The molecular weight excluding hydrogens is 262 g/mol. The Morgan fingerprint density at radius 3 is 2.95 bits per heavy atom. The fourth-order valence-corrected chi connectivity index (χ4v) is 2.52. The van der Waals surface area contributed by atoms with Gasteiger partial charge in [-0.15, -0.1) is 0 Å². The summed E-state index contributed by atoms with van der Waals surface area (Å²) < 4.78 is 0. The van der Waals surface area contributed by atoms with E-state index in [0.29, 0.717) is 5.96 Å². The summed E-state index contributed by atoms with van der Waals surface area (Å²) in [5.74, 6) is 1.42. The van der Waals surface area contributed by atoms with Crippen LogP contribution < -0.4 is 11.1 Å². The fraction of sp³-hybridized carbons (Fsp3) is 0.625. The van der Waals surface area contributed by atoms with Crippen LogP contribution in [0.25, 0.3) is 0 Å². The first-order chi connectivity index (χ1) is 10.2. The molecule has 0 aliphatic carbocycles. The number of nitrogens with zero attached hydrogens (tertiary/aromatic N) is 3. The molecule has 0 bridgehead atoms. The first kappa shape index (κ1) is 15.8. The summed E-state index contributed by atoms with van der Waals surface area (Å²) in [5.41, 5.74) is 6.95. The van der Waals surface area contributed by atoms with Gasteiger partial charge in [0.1, 0.15) is 0 Å². The van der Waals surface area contributed by atoms with Crippen molar-refractivity contribution in [1.82, 2.24) is 15.2 Å². The van der Waals surface area contributed by atoms with Crippen molar-refractivity contribution in [3.8, 4) is 0 Å². The molecule has 3 N–H and O–H groups in total. The van der Waals surface area contributed by atoms with Gasteiger partial charge in [0.15, 0.2) is 5.96 Å². The number of aromatic nitrogens is 1. The molecule has 2 heterocycles. The second-order valence-corrected chi connectivity index (χ2v) is 5.79. The van der Waals surface area contributed by atoms with Gasteiger partial charge in [-0.2, -0.15) is 0 Å². The highest BCUT2D eigenvalue weighted by Crippen LogP contribution is 2.15. The molecule has 0 saturated carbocycles. The molecule has 5 nitrogen and oxygen atoms in total. The lowest BCUT2D eigenvalue weighted by Crippen LogP contribution is -2.36. The summed E-state index contributed by atoms with van der Waals surface area (Å²) in [6.07, 6.45) is 5.29. The van der Waals surface area contributed by atoms with Gasteiger partial charge in [0.25, 0.3) is 0 Å². The lowest BCUT2D eigenvalue weighted by Gasteiger charge is -2.29. The quantitative estimate of drug-likeness (QED) is 0.611. The van der Waals surface area contributed by atoms with Crippen molar-refractivity contribution in [2.24, 2.45) is 16.6 Å². The number of nitrogens with one attached hydrogen (secondary N) is 1. The van der Waals surface area contributed by atoms with Crippen LogP contribution in [0.2, 0.25) is 0 Å². The second-order valence-electron chi connectivity index (χ2n) is 5.79. The van der Waals surface area contributed by atoms with Crippen molar-refractivity contribution in [2.75, 3.05) is 32.7 Å². The zero-order valence-electron chi connectivity index (χ0n) is 13.0. The maximum atomic E-state index is 5.88. The van der Waals surface area contributed by atoms with Crippen molar-refractivity contribution in [2.45, 2.75) is 26.2 Å². The summed E-state index contributed by atoms with van der Waals surface area (Å²) in [7, 11) is 0. The first-order valence-electron chi connectivity index (χ1n) is 7.90. The molecule has 1 saturated heterocycles. The molecule has 1 fully saturated rings. The Balaban J connectivity index is 1.58. The lowest BCUT2D eigenvalue weighted by molar-refractivity contribution is 0.197. The number of rotatable bonds is 6. The van der Waals surface area contributed by atoms with Gasteiger partial charge in [-0.1, -0.05) is 13.0 Å². The standard InChI is InChI=1S/C16H27N5/c1-14-6-11-21(12-7-14)13-10-20-16(17)19-9-5-15-4-2-3-8-18-15/h2-4,8,14H,5-7,9-13H2,1H3,(H3,17,19,20). The summed E-state index contributed by atoms with van der Waals surface area (Å²) >= 11 is 0. The van der Waals surface area contributed by atoms with Crippen molar-refractivity contribution >= 4 is 5.96 Å². The van der Waals surface area contributed by atoms with E-state index in [-0.39, 0.29) is 0 Å². The fourth-order valence-electron chi connectivity index (χ4n) is 2.52. The Kier molecular flexibility index (Phi) is 6.47. The number of pyridine rings is 1. The van der Waals surface area contributed by atoms with Crippen molar-refractivity contribution in [3.05, 3.63) is 30.1 Å². The highest BCUT2D eigenvalue weighted by atomic mass is 15.2. The van der Waals surface area contributed by atoms with E-state index in [4.69, 9.17) is 5.73 Å². The van der Waals surface area contributed by atoms with Crippen LogP contribution >= 0.6 is 0 Å². The molecule has 1 aliphatic heterocycles. The molecule has 116 valence electrons. The topological polar surface area (TPSA) is 66.5 Å². The van der Waals surface area contributed by atoms with Gasteiger partial charge in [-0.05, 0) is 44.0 Å². The molecule has 1 aliphatic rings. The van der Waals surface area contributed by atoms with Crippen LogP contribution in [0.4, 0.5) is 0 Å². The number of piperidine rings is 1. The van der Waals surface area contributed by atoms with Crippen molar-refractivity contribution < 1.29 is 0 Å². The molecule has 21 heavy (non-hydrogen) atoms. The molecule has 0 amide bonds. The number of hydrogen-bond acceptors (Lipinski definition) is 3. The number of nitrogens with two attached hydrogens (primary N) is 1. The van der Waals surface area contributed by atoms with E-state index in [2.05, 4.69) is 27.1 Å². The average molecular weight is 289 g/mol. The molecular formula is C16H27N5. The molecule has 5 heteroatoms. The molecule has 0 aromatic carbocycles. The van der Waals surface area contributed by atoms with E-state index >= 15 is 0 Å². The van der Waals surface area contributed by atoms with Gasteiger partial charge in [0.05, 0.1) is 6.54 Å². The molecule has 0 spiro atoms. The third kappa shape index (κ3) is 6.12. The maximum absolute atomic E-state index is 5.88. The van der Waals surface area contributed by atoms with Crippen LogP contribution in [-0.2, 0) is 6.42 Å². The molecule has 0 unspecified atom stereocenters. The number of likely N-dealkylation sites (tertiary alicyclic amines) is 1. The van der Waals surface area contributed by atoms with Crippen LogP contribution in [0.3, 0.4) is 0 Å². The maximum Gasteiger partial charge on any atom is 0.188 e. The summed E-state index contributed by atoms with van der Waals surface area (Å²) in [4.78, 5) is 11.1. The first-order valence-corrected chi connectivity index (χ1v) is 7.90. The number of guanidine groups is 1. The SMILES string of the molecule is CC1CCN(CCN=C(N)NCCc2ccccn2)CC1. The van der Waals surface area contributed by atoms with Gasteiger partial charge >= 0.3 is 0 Å². The summed E-state index contributed by atoms with van der Waals surface area (Å²) in [6.45, 7) is 7.28. The van der Waals surface area contributed by atoms with E-state index in [1.54, 1.807) is 0 Å². The Morgan fingerprint density at radius 2 is 2.24 bits per heavy atom. The largest absolute Gasteiger partial charge is 0.370 e. The average Bonchev–Trinajstić information content (AvgIpc) is 2.50. The minimum absolute atomic E-state index is 0.538. The number of hydrogen-bond donors (Lipinski definition) is 2. The molecule has 0 atom stereocenters. The summed E-state index contributed by atoms with van der Waals surface area (Å²) in [6, 6.07) is 5.94. The van der Waals surface area contributed by atoms with Gasteiger partial charge in [0, 0.05) is 31.4 Å². The van der Waals surface area contributed by atoms with Gasteiger partial charge in [0.2, 0.25) is 0 Å². The summed E-state index contributed by atoms with van der Waals surface area (Å²) in [5, 5.41) is 3.15. The Hall–Kier alpha value is -1.62. The van der Waals surface area contributed by atoms with E-state index in [1.807, 2.05) is 24.4 Å². The van der Waals surface area contributed by atoms with Crippen LogP contribution in [-0.4, -0.2) is 48.6 Å². The number of aliphatic imine (C=N–C) groups is 1. The van der Waals surface area contributed by atoms with Gasteiger partial charge in [-0.3, -0.25) is 9.98 Å². The monoisotopic (exact) mass is 289 g/mol. The smallest absolute Gasteiger partial charge is 0.188 e. The minimum atomic E-state index is 0.538. The Labute approximate surface area is 127 Å².